The average molecular weight is 114 g/mol. The molecule has 0 bridgehead atoms. The second-order valence-electron chi connectivity index (χ2n) is 1.49. The number of carboxylic acid groups (broad SMARTS) is 1. The van der Waals surface area contributed by atoms with Crippen LogP contribution >= 0.6 is 0 Å². The van der Waals surface area contributed by atoms with Crippen LogP contribution in [0.1, 0.15) is 6.92 Å². The van der Waals surface area contributed by atoms with Crippen LogP contribution in [0, 0.1) is 5.92 Å². The van der Waals surface area contributed by atoms with Crippen molar-refractivity contribution in [2.45, 2.75) is 6.92 Å². The van der Waals surface area contributed by atoms with Gasteiger partial charge in [-0.15, -0.1) is 0 Å². The van der Waals surface area contributed by atoms with Crippen LogP contribution in [0.15, 0.2) is 12.3 Å². The Hall–Kier alpha value is -0.990. The van der Waals surface area contributed by atoms with Gasteiger partial charge in [-0.2, -0.15) is 0 Å². The molecule has 0 saturated heterocycles. The Morgan fingerprint density at radius 1 is 1.88 bits per heavy atom. The van der Waals surface area contributed by atoms with Gasteiger partial charge in [0.15, 0.2) is 0 Å². The van der Waals surface area contributed by atoms with Crippen LogP contribution in [-0.2, 0) is 4.79 Å². The molecular formula is C5H8NO2. The normalized spacial score (nSPS) is 14.1. The van der Waals surface area contributed by atoms with Gasteiger partial charge >= 0.3 is 5.97 Å². The van der Waals surface area contributed by atoms with Crippen molar-refractivity contribution in [3.05, 3.63) is 12.3 Å². The topological polar surface area (TPSA) is 61.1 Å². The standard InChI is InChI=1S/C5H8NO2/c1-4(2-3-6)5(7)8/h2-4,6H,1H3,(H,7,8)/b3-2+. The zero-order valence-electron chi connectivity index (χ0n) is 4.59. The van der Waals surface area contributed by atoms with E-state index in [2.05, 4.69) is 0 Å². The molecule has 0 rings (SSSR count). The van der Waals surface area contributed by atoms with Crippen LogP contribution in [0.4, 0.5) is 0 Å². The van der Waals surface area contributed by atoms with E-state index in [9.17, 15) is 4.79 Å². The number of carboxylic acids is 1. The Morgan fingerprint density at radius 3 is 2.50 bits per heavy atom. The van der Waals surface area contributed by atoms with Gasteiger partial charge in [0.05, 0.1) is 5.92 Å². The molecule has 1 radical (unpaired) electrons. The van der Waals surface area contributed by atoms with Crippen LogP contribution in [0.5, 0.6) is 0 Å². The summed E-state index contributed by atoms with van der Waals surface area (Å²) in [6.07, 6.45) is 2.29. The first kappa shape index (κ1) is 7.01. The summed E-state index contributed by atoms with van der Waals surface area (Å²) in [4.78, 5) is 9.95. The molecule has 0 aromatic heterocycles. The van der Waals surface area contributed by atoms with Gasteiger partial charge in [0, 0.05) is 6.20 Å². The van der Waals surface area contributed by atoms with E-state index in [1.54, 1.807) is 0 Å². The Bertz CT molecular complexity index is 109. The van der Waals surface area contributed by atoms with Crippen LogP contribution < -0.4 is 5.73 Å². The van der Waals surface area contributed by atoms with Crippen molar-refractivity contribution < 1.29 is 9.90 Å². The summed E-state index contributed by atoms with van der Waals surface area (Å²) >= 11 is 0. The fourth-order valence-corrected chi connectivity index (χ4v) is 0.227. The molecule has 0 saturated carbocycles. The highest BCUT2D eigenvalue weighted by Crippen LogP contribution is 1.93. The molecule has 2 N–H and O–H groups in total. The van der Waals surface area contributed by atoms with E-state index in [1.807, 2.05) is 0 Å². The Kier molecular flexibility index (Phi) is 2.69. The minimum atomic E-state index is -0.895. The number of rotatable bonds is 2. The summed E-state index contributed by atoms with van der Waals surface area (Å²) in [7, 11) is 0. The van der Waals surface area contributed by atoms with E-state index in [-0.39, 0.29) is 0 Å². The molecule has 45 valence electrons. The highest BCUT2D eigenvalue weighted by Gasteiger charge is 2.03. The Morgan fingerprint density at radius 2 is 2.38 bits per heavy atom. The fourth-order valence-electron chi connectivity index (χ4n) is 0.227. The smallest absolute Gasteiger partial charge is 0.310 e. The molecule has 0 aromatic carbocycles. The largest absolute Gasteiger partial charge is 0.481 e. The van der Waals surface area contributed by atoms with Crippen LogP contribution in [0.25, 0.3) is 0 Å². The monoisotopic (exact) mass is 114 g/mol. The van der Waals surface area contributed by atoms with Crippen molar-refractivity contribution >= 4 is 5.97 Å². The van der Waals surface area contributed by atoms with Gasteiger partial charge in [-0.3, -0.25) is 4.79 Å². The maximum atomic E-state index is 9.95. The molecule has 0 spiro atoms. The predicted octanol–water partition coefficient (Wildman–Crippen LogP) is 0.504. The van der Waals surface area contributed by atoms with Crippen LogP contribution in [0.2, 0.25) is 0 Å². The molecule has 0 aromatic rings. The van der Waals surface area contributed by atoms with E-state index in [4.69, 9.17) is 10.8 Å². The van der Waals surface area contributed by atoms with E-state index < -0.39 is 11.9 Å². The molecule has 8 heavy (non-hydrogen) atoms. The quantitative estimate of drug-likeness (QED) is 0.568. The minimum absolute atomic E-state index is 0.535. The van der Waals surface area contributed by atoms with E-state index in [0.29, 0.717) is 0 Å². The third-order valence-electron chi connectivity index (χ3n) is 0.774. The first-order valence-corrected chi connectivity index (χ1v) is 2.25. The summed E-state index contributed by atoms with van der Waals surface area (Å²) in [5.41, 5.74) is 6.48. The van der Waals surface area contributed by atoms with Crippen LogP contribution in [0.3, 0.4) is 0 Å². The zero-order valence-corrected chi connectivity index (χ0v) is 4.59. The van der Waals surface area contributed by atoms with Gasteiger partial charge in [0.25, 0.3) is 0 Å². The van der Waals surface area contributed by atoms with Gasteiger partial charge in [0.1, 0.15) is 0 Å². The molecule has 3 nitrogen and oxygen atoms in total. The molecule has 0 amide bonds. The second-order valence-corrected chi connectivity index (χ2v) is 1.49. The lowest BCUT2D eigenvalue weighted by atomic mass is 10.2. The molecular weight excluding hydrogens is 106 g/mol. The first-order chi connectivity index (χ1) is 3.68. The summed E-state index contributed by atoms with van der Waals surface area (Å²) in [5, 5.41) is 8.18. The van der Waals surface area contributed by atoms with Gasteiger partial charge in [-0.1, -0.05) is 6.08 Å². The maximum Gasteiger partial charge on any atom is 0.310 e. The zero-order chi connectivity index (χ0) is 6.57. The highest BCUT2D eigenvalue weighted by molar-refractivity contribution is 5.71. The number of hydrogen-bond acceptors (Lipinski definition) is 1. The SMILES string of the molecule is CC(/C=C/[NH])C(=O)O. The van der Waals surface area contributed by atoms with Crippen molar-refractivity contribution in [1.29, 1.82) is 0 Å². The number of nitrogens with one attached hydrogen (secondary N) is 1. The van der Waals surface area contributed by atoms with Crippen molar-refractivity contribution in [2.24, 2.45) is 5.92 Å². The lowest BCUT2D eigenvalue weighted by Crippen LogP contribution is -2.05. The average Bonchev–Trinajstić information content (AvgIpc) is 1.67. The Labute approximate surface area is 47.8 Å². The molecule has 1 unspecified atom stereocenters. The first-order valence-electron chi connectivity index (χ1n) is 2.25. The van der Waals surface area contributed by atoms with Gasteiger partial charge < -0.3 is 10.8 Å². The summed E-state index contributed by atoms with van der Waals surface area (Å²) in [6, 6.07) is 0. The minimum Gasteiger partial charge on any atom is -0.481 e. The van der Waals surface area contributed by atoms with Crippen molar-refractivity contribution in [2.75, 3.05) is 0 Å². The number of carbonyl (C=O) groups is 1. The predicted molar refractivity (Wildman–Crippen MR) is 29.0 cm³/mol. The van der Waals surface area contributed by atoms with Gasteiger partial charge in [-0.05, 0) is 6.92 Å². The molecule has 1 atom stereocenters. The van der Waals surface area contributed by atoms with Crippen molar-refractivity contribution in [1.82, 2.24) is 5.73 Å². The van der Waals surface area contributed by atoms with Crippen molar-refractivity contribution in [3.63, 3.8) is 0 Å². The molecule has 0 fully saturated rings. The molecule has 0 aliphatic carbocycles. The molecule has 0 aliphatic heterocycles. The highest BCUT2D eigenvalue weighted by atomic mass is 16.4. The van der Waals surface area contributed by atoms with Crippen molar-refractivity contribution in [3.8, 4) is 0 Å². The number of aliphatic carboxylic acids is 1. The lowest BCUT2D eigenvalue weighted by Gasteiger charge is -1.93. The van der Waals surface area contributed by atoms with E-state index in [1.165, 1.54) is 13.0 Å². The van der Waals surface area contributed by atoms with Gasteiger partial charge in [0.2, 0.25) is 0 Å². The second kappa shape index (κ2) is 3.07. The fraction of sp³-hybridized carbons (Fsp3) is 0.400. The third-order valence-corrected chi connectivity index (χ3v) is 0.774. The van der Waals surface area contributed by atoms with Crippen LogP contribution in [-0.4, -0.2) is 11.1 Å². The number of hydrogen-bond donors (Lipinski definition) is 1. The van der Waals surface area contributed by atoms with E-state index in [0.717, 1.165) is 6.20 Å². The lowest BCUT2D eigenvalue weighted by molar-refractivity contribution is -0.139. The maximum absolute atomic E-state index is 9.95. The molecule has 0 aliphatic rings. The summed E-state index contributed by atoms with van der Waals surface area (Å²) in [6.45, 7) is 1.52. The van der Waals surface area contributed by atoms with Gasteiger partial charge in [-0.25, -0.2) is 0 Å². The molecule has 3 heteroatoms. The van der Waals surface area contributed by atoms with E-state index >= 15 is 0 Å². The summed E-state index contributed by atoms with van der Waals surface area (Å²) in [5.74, 6) is -1.43. The summed E-state index contributed by atoms with van der Waals surface area (Å²) < 4.78 is 0. The Balaban J connectivity index is 3.64. The third kappa shape index (κ3) is 2.23. The molecule has 0 heterocycles.